The summed E-state index contributed by atoms with van der Waals surface area (Å²) in [6.45, 7) is 2.07. The van der Waals surface area contributed by atoms with E-state index in [0.29, 0.717) is 22.3 Å². The maximum atomic E-state index is 12.8. The number of hydrogen-bond donors (Lipinski definition) is 0. The molecule has 0 N–H and O–H groups in total. The Labute approximate surface area is 181 Å². The van der Waals surface area contributed by atoms with Crippen molar-refractivity contribution in [3.05, 3.63) is 98.8 Å². The second-order valence-electron chi connectivity index (χ2n) is 6.59. The number of fused-ring (bicyclic) bond motifs is 1. The smallest absolute Gasteiger partial charge is 0.343 e. The van der Waals surface area contributed by atoms with Gasteiger partial charge in [0.25, 0.3) is 0 Å². The predicted molar refractivity (Wildman–Crippen MR) is 117 cm³/mol. The Balaban J connectivity index is 1.57. The molecule has 30 heavy (non-hydrogen) atoms. The summed E-state index contributed by atoms with van der Waals surface area (Å²) >= 11 is 3.32. The SMILES string of the molecule is CCc1ccc(Oc2coc3cc(OC(=O)c4cccc(Br)c4)ccc3c2=O)cc1. The van der Waals surface area contributed by atoms with Crippen molar-refractivity contribution in [2.24, 2.45) is 0 Å². The van der Waals surface area contributed by atoms with Crippen LogP contribution in [-0.4, -0.2) is 5.97 Å². The number of carbonyl (C=O) groups excluding carboxylic acids is 1. The molecule has 0 spiro atoms. The number of esters is 1. The van der Waals surface area contributed by atoms with Crippen LogP contribution < -0.4 is 14.9 Å². The highest BCUT2D eigenvalue weighted by Crippen LogP contribution is 2.25. The number of aryl methyl sites for hydroxylation is 1. The summed E-state index contributed by atoms with van der Waals surface area (Å²) < 4.78 is 17.4. The zero-order valence-electron chi connectivity index (χ0n) is 16.1. The molecule has 0 atom stereocenters. The van der Waals surface area contributed by atoms with Gasteiger partial charge in [-0.2, -0.15) is 0 Å². The second-order valence-corrected chi connectivity index (χ2v) is 7.50. The van der Waals surface area contributed by atoms with Gasteiger partial charge in [0.05, 0.1) is 10.9 Å². The molecule has 0 saturated carbocycles. The molecule has 0 aliphatic rings. The van der Waals surface area contributed by atoms with Gasteiger partial charge in [-0.15, -0.1) is 0 Å². The Morgan fingerprint density at radius 2 is 1.77 bits per heavy atom. The molecule has 0 aliphatic carbocycles. The molecule has 0 fully saturated rings. The van der Waals surface area contributed by atoms with Crippen LogP contribution in [0.1, 0.15) is 22.8 Å². The first-order valence-corrected chi connectivity index (χ1v) is 10.1. The quantitative estimate of drug-likeness (QED) is 0.262. The normalized spacial score (nSPS) is 10.7. The van der Waals surface area contributed by atoms with E-state index in [1.54, 1.807) is 30.3 Å². The Kier molecular flexibility index (Phi) is 5.68. The zero-order chi connectivity index (χ0) is 21.1. The molecule has 4 rings (SSSR count). The van der Waals surface area contributed by atoms with Crippen molar-refractivity contribution < 1.29 is 18.7 Å². The summed E-state index contributed by atoms with van der Waals surface area (Å²) in [5.41, 5.74) is 1.58. The Morgan fingerprint density at radius 1 is 1.00 bits per heavy atom. The minimum Gasteiger partial charge on any atom is -0.460 e. The highest BCUT2D eigenvalue weighted by atomic mass is 79.9. The number of hydrogen-bond acceptors (Lipinski definition) is 5. The van der Waals surface area contributed by atoms with Crippen molar-refractivity contribution >= 4 is 32.9 Å². The van der Waals surface area contributed by atoms with Gasteiger partial charge < -0.3 is 13.9 Å². The first kappa shape index (κ1) is 19.9. The maximum absolute atomic E-state index is 12.8. The maximum Gasteiger partial charge on any atom is 0.343 e. The fourth-order valence-corrected chi connectivity index (χ4v) is 3.33. The van der Waals surface area contributed by atoms with Gasteiger partial charge in [-0.1, -0.05) is 41.1 Å². The van der Waals surface area contributed by atoms with Gasteiger partial charge in [-0.25, -0.2) is 4.79 Å². The van der Waals surface area contributed by atoms with Crippen LogP contribution in [0.5, 0.6) is 17.2 Å². The van der Waals surface area contributed by atoms with Gasteiger partial charge >= 0.3 is 5.97 Å². The van der Waals surface area contributed by atoms with Crippen LogP contribution >= 0.6 is 15.9 Å². The van der Waals surface area contributed by atoms with E-state index in [2.05, 4.69) is 22.9 Å². The topological polar surface area (TPSA) is 65.7 Å². The molecule has 0 radical (unpaired) electrons. The van der Waals surface area contributed by atoms with E-state index >= 15 is 0 Å². The highest BCUT2D eigenvalue weighted by Gasteiger charge is 2.13. The third-order valence-electron chi connectivity index (χ3n) is 4.54. The van der Waals surface area contributed by atoms with Crippen molar-refractivity contribution in [3.8, 4) is 17.2 Å². The molecule has 5 nitrogen and oxygen atoms in total. The number of halogens is 1. The summed E-state index contributed by atoms with van der Waals surface area (Å²) in [6, 6.07) is 19.0. The molecule has 0 aliphatic heterocycles. The average Bonchev–Trinajstić information content (AvgIpc) is 2.76. The van der Waals surface area contributed by atoms with Gasteiger partial charge in [-0.05, 0) is 54.4 Å². The minimum absolute atomic E-state index is 0.0885. The fourth-order valence-electron chi connectivity index (χ4n) is 2.93. The number of rotatable bonds is 5. The molecular weight excluding hydrogens is 448 g/mol. The summed E-state index contributed by atoms with van der Waals surface area (Å²) in [5.74, 6) is 0.414. The van der Waals surface area contributed by atoms with Gasteiger partial charge in [0, 0.05) is 10.5 Å². The van der Waals surface area contributed by atoms with Crippen molar-refractivity contribution in [2.45, 2.75) is 13.3 Å². The van der Waals surface area contributed by atoms with E-state index in [-0.39, 0.29) is 16.9 Å². The molecule has 6 heteroatoms. The molecule has 4 aromatic rings. The van der Waals surface area contributed by atoms with Crippen LogP contribution in [0.3, 0.4) is 0 Å². The van der Waals surface area contributed by atoms with Crippen LogP contribution in [0.15, 0.2) is 86.7 Å². The summed E-state index contributed by atoms with van der Waals surface area (Å²) in [5, 5.41) is 0.333. The standard InChI is InChI=1S/C24H17BrO5/c1-2-15-6-8-18(9-7-15)29-22-14-28-21-13-19(10-11-20(21)23(22)26)30-24(27)16-4-3-5-17(25)12-16/h3-14H,2H2,1H3. The Hall–Kier alpha value is -3.38. The highest BCUT2D eigenvalue weighted by molar-refractivity contribution is 9.10. The van der Waals surface area contributed by atoms with E-state index in [9.17, 15) is 9.59 Å². The third kappa shape index (κ3) is 4.28. The van der Waals surface area contributed by atoms with Crippen molar-refractivity contribution in [1.29, 1.82) is 0 Å². The van der Waals surface area contributed by atoms with E-state index in [0.717, 1.165) is 10.9 Å². The molecule has 0 bridgehead atoms. The van der Waals surface area contributed by atoms with E-state index in [4.69, 9.17) is 13.9 Å². The van der Waals surface area contributed by atoms with Crippen LogP contribution in [0.25, 0.3) is 11.0 Å². The van der Waals surface area contributed by atoms with Crippen LogP contribution in [0.4, 0.5) is 0 Å². The molecular formula is C24H17BrO5. The van der Waals surface area contributed by atoms with Crippen LogP contribution in [0, 0.1) is 0 Å². The number of benzene rings is 3. The lowest BCUT2D eigenvalue weighted by atomic mass is 10.2. The fraction of sp³-hybridized carbons (Fsp3) is 0.0833. The first-order chi connectivity index (χ1) is 14.5. The lowest BCUT2D eigenvalue weighted by Crippen LogP contribution is -2.09. The van der Waals surface area contributed by atoms with Crippen molar-refractivity contribution in [2.75, 3.05) is 0 Å². The van der Waals surface area contributed by atoms with Crippen molar-refractivity contribution in [1.82, 2.24) is 0 Å². The summed E-state index contributed by atoms with van der Waals surface area (Å²) in [6.07, 6.45) is 2.19. The van der Waals surface area contributed by atoms with Gasteiger partial charge in [0.15, 0.2) is 0 Å². The van der Waals surface area contributed by atoms with Gasteiger partial charge in [0.2, 0.25) is 11.2 Å². The molecule has 3 aromatic carbocycles. The van der Waals surface area contributed by atoms with Crippen LogP contribution in [-0.2, 0) is 6.42 Å². The monoisotopic (exact) mass is 464 g/mol. The molecule has 150 valence electrons. The lowest BCUT2D eigenvalue weighted by molar-refractivity contribution is 0.0735. The molecule has 0 saturated heterocycles. The summed E-state index contributed by atoms with van der Waals surface area (Å²) in [7, 11) is 0. The number of ether oxygens (including phenoxy) is 2. The zero-order valence-corrected chi connectivity index (χ0v) is 17.6. The number of carbonyl (C=O) groups is 1. The average molecular weight is 465 g/mol. The molecule has 0 unspecified atom stereocenters. The Bertz CT molecular complexity index is 1280. The first-order valence-electron chi connectivity index (χ1n) is 9.33. The molecule has 0 amide bonds. The lowest BCUT2D eigenvalue weighted by Gasteiger charge is -2.08. The van der Waals surface area contributed by atoms with Gasteiger partial charge in [0.1, 0.15) is 23.3 Å². The van der Waals surface area contributed by atoms with E-state index in [1.807, 2.05) is 30.3 Å². The van der Waals surface area contributed by atoms with Gasteiger partial charge in [-0.3, -0.25) is 4.79 Å². The predicted octanol–water partition coefficient (Wildman–Crippen LogP) is 6.13. The van der Waals surface area contributed by atoms with Crippen LogP contribution in [0.2, 0.25) is 0 Å². The van der Waals surface area contributed by atoms with Crippen molar-refractivity contribution in [3.63, 3.8) is 0 Å². The molecule has 1 heterocycles. The second kappa shape index (κ2) is 8.55. The Morgan fingerprint density at radius 3 is 2.50 bits per heavy atom. The largest absolute Gasteiger partial charge is 0.460 e. The summed E-state index contributed by atoms with van der Waals surface area (Å²) in [4.78, 5) is 25.1. The third-order valence-corrected chi connectivity index (χ3v) is 5.04. The van der Waals surface area contributed by atoms with E-state index < -0.39 is 5.97 Å². The molecule has 1 aromatic heterocycles. The minimum atomic E-state index is -0.506. The van der Waals surface area contributed by atoms with E-state index in [1.165, 1.54) is 17.9 Å².